The fourth-order valence-corrected chi connectivity index (χ4v) is 1.63. The summed E-state index contributed by atoms with van der Waals surface area (Å²) in [7, 11) is 0. The third-order valence-corrected chi connectivity index (χ3v) is 2.47. The van der Waals surface area contributed by atoms with E-state index in [4.69, 9.17) is 5.73 Å². The van der Waals surface area contributed by atoms with Crippen LogP contribution < -0.4 is 11.4 Å². The smallest absolute Gasteiger partial charge is 0.323 e. The van der Waals surface area contributed by atoms with E-state index in [1.165, 1.54) is 5.56 Å². The number of hydrogen-bond acceptors (Lipinski definition) is 2. The molecular formula is C11H15N3O. The molecule has 0 aliphatic rings. The van der Waals surface area contributed by atoms with Gasteiger partial charge in [-0.15, -0.1) is 0 Å². The lowest BCUT2D eigenvalue weighted by atomic mass is 10.1. The number of fused-ring (bicyclic) bond motifs is 1. The van der Waals surface area contributed by atoms with E-state index >= 15 is 0 Å². The number of benzene rings is 1. The van der Waals surface area contributed by atoms with Gasteiger partial charge < -0.3 is 15.7 Å². The number of imidazole rings is 1. The molecule has 4 nitrogen and oxygen atoms in total. The van der Waals surface area contributed by atoms with E-state index in [1.54, 1.807) is 0 Å². The van der Waals surface area contributed by atoms with Crippen molar-refractivity contribution in [2.75, 3.05) is 0 Å². The summed E-state index contributed by atoms with van der Waals surface area (Å²) in [6.45, 7) is 2.00. The molecule has 0 fully saturated rings. The van der Waals surface area contributed by atoms with Crippen LogP contribution in [-0.4, -0.2) is 16.0 Å². The number of rotatable bonds is 3. The van der Waals surface area contributed by atoms with Crippen LogP contribution in [0.5, 0.6) is 0 Å². The highest BCUT2D eigenvalue weighted by Crippen LogP contribution is 2.12. The molecule has 1 atom stereocenters. The number of aromatic amines is 2. The molecule has 1 heterocycles. The normalized spacial score (nSPS) is 13.2. The zero-order valence-electron chi connectivity index (χ0n) is 8.71. The molecule has 0 saturated carbocycles. The summed E-state index contributed by atoms with van der Waals surface area (Å²) < 4.78 is 0. The maximum Gasteiger partial charge on any atom is 0.323 e. The lowest BCUT2D eigenvalue weighted by Gasteiger charge is -2.04. The Morgan fingerprint density at radius 3 is 2.80 bits per heavy atom. The largest absolute Gasteiger partial charge is 0.328 e. The summed E-state index contributed by atoms with van der Waals surface area (Å²) in [5, 5.41) is 0. The highest BCUT2D eigenvalue weighted by Gasteiger charge is 2.01. The van der Waals surface area contributed by atoms with Crippen LogP contribution in [0.15, 0.2) is 23.0 Å². The van der Waals surface area contributed by atoms with Crippen molar-refractivity contribution in [3.8, 4) is 0 Å². The van der Waals surface area contributed by atoms with Gasteiger partial charge in [0, 0.05) is 6.04 Å². The zero-order chi connectivity index (χ0) is 10.8. The zero-order valence-corrected chi connectivity index (χ0v) is 8.71. The minimum atomic E-state index is -0.158. The molecule has 4 heteroatoms. The van der Waals surface area contributed by atoms with Gasteiger partial charge in [0.2, 0.25) is 0 Å². The molecule has 2 rings (SSSR count). The van der Waals surface area contributed by atoms with E-state index in [9.17, 15) is 4.79 Å². The lowest BCUT2D eigenvalue weighted by Crippen LogP contribution is -2.15. The van der Waals surface area contributed by atoms with Crippen LogP contribution in [0.25, 0.3) is 11.0 Å². The summed E-state index contributed by atoms with van der Waals surface area (Å²) in [5.41, 5.74) is 8.45. The first-order chi connectivity index (χ1) is 7.15. The van der Waals surface area contributed by atoms with E-state index < -0.39 is 0 Å². The first kappa shape index (κ1) is 9.98. The monoisotopic (exact) mass is 205 g/mol. The topological polar surface area (TPSA) is 74.7 Å². The molecule has 2 aromatic rings. The van der Waals surface area contributed by atoms with Gasteiger partial charge in [-0.05, 0) is 37.5 Å². The van der Waals surface area contributed by atoms with Gasteiger partial charge >= 0.3 is 5.69 Å². The van der Waals surface area contributed by atoms with Crippen LogP contribution in [0.1, 0.15) is 18.9 Å². The maximum absolute atomic E-state index is 11.0. The van der Waals surface area contributed by atoms with Crippen molar-refractivity contribution in [3.05, 3.63) is 34.2 Å². The van der Waals surface area contributed by atoms with E-state index in [0.717, 1.165) is 23.9 Å². The summed E-state index contributed by atoms with van der Waals surface area (Å²) >= 11 is 0. The van der Waals surface area contributed by atoms with Gasteiger partial charge in [-0.2, -0.15) is 0 Å². The van der Waals surface area contributed by atoms with Gasteiger partial charge in [0.1, 0.15) is 0 Å². The second-order valence-corrected chi connectivity index (χ2v) is 3.98. The van der Waals surface area contributed by atoms with Crippen molar-refractivity contribution in [1.82, 2.24) is 9.97 Å². The Morgan fingerprint density at radius 2 is 2.07 bits per heavy atom. The van der Waals surface area contributed by atoms with E-state index in [0.29, 0.717) is 0 Å². The van der Waals surface area contributed by atoms with Crippen molar-refractivity contribution in [3.63, 3.8) is 0 Å². The van der Waals surface area contributed by atoms with Crippen LogP contribution in [0, 0.1) is 0 Å². The minimum absolute atomic E-state index is 0.158. The van der Waals surface area contributed by atoms with Gasteiger partial charge in [0.25, 0.3) is 0 Å². The van der Waals surface area contributed by atoms with Gasteiger partial charge in [-0.1, -0.05) is 6.07 Å². The summed E-state index contributed by atoms with van der Waals surface area (Å²) in [6, 6.07) is 6.15. The fourth-order valence-electron chi connectivity index (χ4n) is 1.63. The minimum Gasteiger partial charge on any atom is -0.328 e. The van der Waals surface area contributed by atoms with Crippen LogP contribution in [-0.2, 0) is 6.42 Å². The molecule has 1 aromatic carbocycles. The number of nitrogens with two attached hydrogens (primary N) is 1. The predicted octanol–water partition coefficient (Wildman–Crippen LogP) is 1.14. The Labute approximate surface area is 87.5 Å². The van der Waals surface area contributed by atoms with Crippen LogP contribution in [0.3, 0.4) is 0 Å². The second-order valence-electron chi connectivity index (χ2n) is 3.98. The molecule has 15 heavy (non-hydrogen) atoms. The molecule has 1 aromatic heterocycles. The summed E-state index contributed by atoms with van der Waals surface area (Å²) in [5.74, 6) is 0. The highest BCUT2D eigenvalue weighted by atomic mass is 16.1. The van der Waals surface area contributed by atoms with E-state index in [2.05, 4.69) is 9.97 Å². The molecule has 0 aliphatic heterocycles. The molecule has 0 bridgehead atoms. The van der Waals surface area contributed by atoms with E-state index in [-0.39, 0.29) is 11.7 Å². The number of hydrogen-bond donors (Lipinski definition) is 3. The van der Waals surface area contributed by atoms with Crippen molar-refractivity contribution >= 4 is 11.0 Å². The van der Waals surface area contributed by atoms with Gasteiger partial charge in [0.15, 0.2) is 0 Å². The van der Waals surface area contributed by atoms with Crippen molar-refractivity contribution < 1.29 is 0 Å². The molecule has 4 N–H and O–H groups in total. The lowest BCUT2D eigenvalue weighted by molar-refractivity contribution is 0.666. The number of aryl methyl sites for hydroxylation is 1. The van der Waals surface area contributed by atoms with E-state index in [1.807, 2.05) is 25.1 Å². The van der Waals surface area contributed by atoms with Gasteiger partial charge in [-0.25, -0.2) is 4.79 Å². The Morgan fingerprint density at radius 1 is 1.33 bits per heavy atom. The van der Waals surface area contributed by atoms with Gasteiger partial charge in [-0.3, -0.25) is 0 Å². The highest BCUT2D eigenvalue weighted by molar-refractivity contribution is 5.74. The number of aromatic nitrogens is 2. The Hall–Kier alpha value is -1.55. The van der Waals surface area contributed by atoms with Crippen LogP contribution >= 0.6 is 0 Å². The first-order valence-corrected chi connectivity index (χ1v) is 5.11. The van der Waals surface area contributed by atoms with Gasteiger partial charge in [0.05, 0.1) is 11.0 Å². The van der Waals surface area contributed by atoms with Crippen molar-refractivity contribution in [2.45, 2.75) is 25.8 Å². The quantitative estimate of drug-likeness (QED) is 0.702. The van der Waals surface area contributed by atoms with Crippen molar-refractivity contribution in [1.29, 1.82) is 0 Å². The van der Waals surface area contributed by atoms with Crippen LogP contribution in [0.2, 0.25) is 0 Å². The Balaban J connectivity index is 2.26. The summed E-state index contributed by atoms with van der Waals surface area (Å²) in [6.07, 6.45) is 1.90. The molecule has 80 valence electrons. The molecule has 0 amide bonds. The third-order valence-electron chi connectivity index (χ3n) is 2.47. The molecule has 0 radical (unpaired) electrons. The molecular weight excluding hydrogens is 190 g/mol. The average Bonchev–Trinajstić information content (AvgIpc) is 2.53. The number of H-pyrrole nitrogens is 2. The summed E-state index contributed by atoms with van der Waals surface area (Å²) in [4.78, 5) is 16.5. The molecule has 0 saturated heterocycles. The first-order valence-electron chi connectivity index (χ1n) is 5.11. The third kappa shape index (κ3) is 2.27. The Bertz CT molecular complexity index is 510. The second kappa shape index (κ2) is 3.90. The van der Waals surface area contributed by atoms with Crippen molar-refractivity contribution in [2.24, 2.45) is 5.73 Å². The predicted molar refractivity (Wildman–Crippen MR) is 60.9 cm³/mol. The average molecular weight is 205 g/mol. The fraction of sp³-hybridized carbons (Fsp3) is 0.364. The molecule has 1 unspecified atom stereocenters. The SMILES string of the molecule is CC(N)CCc1ccc2[nH]c(=O)[nH]c2c1. The standard InChI is InChI=1S/C11H15N3O/c1-7(12)2-3-8-4-5-9-10(6-8)14-11(15)13-9/h4-7H,2-3,12H2,1H3,(H2,13,14,15). The molecule has 0 aliphatic carbocycles. The number of nitrogens with one attached hydrogen (secondary N) is 2. The Kier molecular flexibility index (Phi) is 2.60. The maximum atomic E-state index is 11.0. The van der Waals surface area contributed by atoms with Crippen LogP contribution in [0.4, 0.5) is 0 Å². The molecule has 0 spiro atoms.